The van der Waals surface area contributed by atoms with E-state index in [2.05, 4.69) is 10.6 Å². The first-order valence-corrected chi connectivity index (χ1v) is 6.58. The van der Waals surface area contributed by atoms with Crippen molar-refractivity contribution in [2.45, 2.75) is 44.6 Å². The van der Waals surface area contributed by atoms with Crippen LogP contribution in [-0.4, -0.2) is 42.5 Å². The molecule has 0 radical (unpaired) electrons. The molecule has 5 nitrogen and oxygen atoms in total. The van der Waals surface area contributed by atoms with Gasteiger partial charge in [0.2, 0.25) is 5.91 Å². The summed E-state index contributed by atoms with van der Waals surface area (Å²) in [5, 5.41) is 5.85. The predicted molar refractivity (Wildman–Crippen MR) is 64.6 cm³/mol. The lowest BCUT2D eigenvalue weighted by Gasteiger charge is -2.27. The van der Waals surface area contributed by atoms with Gasteiger partial charge in [-0.15, -0.1) is 0 Å². The van der Waals surface area contributed by atoms with Gasteiger partial charge in [0.15, 0.2) is 0 Å². The maximum Gasteiger partial charge on any atom is 0.317 e. The number of amides is 3. The zero-order valence-electron chi connectivity index (χ0n) is 10.2. The van der Waals surface area contributed by atoms with Gasteiger partial charge in [0, 0.05) is 32.1 Å². The van der Waals surface area contributed by atoms with Crippen molar-refractivity contribution in [2.24, 2.45) is 0 Å². The first kappa shape index (κ1) is 12.2. The Kier molecular flexibility index (Phi) is 4.23. The van der Waals surface area contributed by atoms with Crippen LogP contribution >= 0.6 is 0 Å². The van der Waals surface area contributed by atoms with Gasteiger partial charge in [-0.1, -0.05) is 19.3 Å². The van der Waals surface area contributed by atoms with E-state index in [1.807, 2.05) is 0 Å². The number of carbonyl (C=O) groups is 2. The molecule has 5 heteroatoms. The maximum atomic E-state index is 12.0. The van der Waals surface area contributed by atoms with Gasteiger partial charge in [-0.25, -0.2) is 4.79 Å². The summed E-state index contributed by atoms with van der Waals surface area (Å²) in [6.07, 6.45) is 6.32. The highest BCUT2D eigenvalue weighted by atomic mass is 16.2. The summed E-state index contributed by atoms with van der Waals surface area (Å²) in [6, 6.07) is 0.330. The summed E-state index contributed by atoms with van der Waals surface area (Å²) in [5.41, 5.74) is 0. The van der Waals surface area contributed by atoms with E-state index in [9.17, 15) is 9.59 Å². The van der Waals surface area contributed by atoms with E-state index in [4.69, 9.17) is 0 Å². The number of carbonyl (C=O) groups excluding carboxylic acids is 2. The standard InChI is InChI=1S/C12H21N3O2/c16-11-6-8-15(9-7-13-11)12(17)14-10-4-2-1-3-5-10/h10H,1-9H2,(H,13,16)(H,14,17). The minimum atomic E-state index is -0.00611. The van der Waals surface area contributed by atoms with Gasteiger partial charge in [0.25, 0.3) is 0 Å². The highest BCUT2D eigenvalue weighted by molar-refractivity contribution is 5.79. The van der Waals surface area contributed by atoms with Crippen LogP contribution in [0.1, 0.15) is 38.5 Å². The second kappa shape index (κ2) is 5.89. The smallest absolute Gasteiger partial charge is 0.317 e. The van der Waals surface area contributed by atoms with Crippen LogP contribution in [0.5, 0.6) is 0 Å². The molecule has 1 saturated carbocycles. The lowest BCUT2D eigenvalue weighted by atomic mass is 9.96. The van der Waals surface area contributed by atoms with Crippen molar-refractivity contribution in [1.82, 2.24) is 15.5 Å². The van der Waals surface area contributed by atoms with Crippen LogP contribution in [0, 0.1) is 0 Å². The van der Waals surface area contributed by atoms with E-state index in [1.54, 1.807) is 4.90 Å². The molecular weight excluding hydrogens is 218 g/mol. The van der Waals surface area contributed by atoms with Gasteiger partial charge in [-0.3, -0.25) is 4.79 Å². The van der Waals surface area contributed by atoms with E-state index in [-0.39, 0.29) is 11.9 Å². The second-order valence-electron chi connectivity index (χ2n) is 4.87. The molecule has 96 valence electrons. The zero-order chi connectivity index (χ0) is 12.1. The number of rotatable bonds is 1. The van der Waals surface area contributed by atoms with Crippen molar-refractivity contribution in [1.29, 1.82) is 0 Å². The van der Waals surface area contributed by atoms with Gasteiger partial charge in [0.05, 0.1) is 0 Å². The fourth-order valence-electron chi connectivity index (χ4n) is 2.48. The second-order valence-corrected chi connectivity index (χ2v) is 4.87. The van der Waals surface area contributed by atoms with Crippen LogP contribution in [0.3, 0.4) is 0 Å². The molecule has 0 bridgehead atoms. The van der Waals surface area contributed by atoms with Crippen LogP contribution < -0.4 is 10.6 Å². The topological polar surface area (TPSA) is 61.4 Å². The van der Waals surface area contributed by atoms with Crippen molar-refractivity contribution in [2.75, 3.05) is 19.6 Å². The van der Waals surface area contributed by atoms with Crippen molar-refractivity contribution in [3.63, 3.8) is 0 Å². The lowest BCUT2D eigenvalue weighted by Crippen LogP contribution is -2.46. The summed E-state index contributed by atoms with van der Waals surface area (Å²) in [5.74, 6) is 0.0398. The van der Waals surface area contributed by atoms with E-state index < -0.39 is 0 Å². The third-order valence-electron chi connectivity index (χ3n) is 3.53. The summed E-state index contributed by atoms with van der Waals surface area (Å²) in [7, 11) is 0. The van der Waals surface area contributed by atoms with Gasteiger partial charge < -0.3 is 15.5 Å². The summed E-state index contributed by atoms with van der Waals surface area (Å²) >= 11 is 0. The Labute approximate surface area is 102 Å². The first-order chi connectivity index (χ1) is 8.25. The molecule has 0 aromatic rings. The fraction of sp³-hybridized carbons (Fsp3) is 0.833. The highest BCUT2D eigenvalue weighted by Gasteiger charge is 2.21. The fourth-order valence-corrected chi connectivity index (χ4v) is 2.48. The lowest BCUT2D eigenvalue weighted by molar-refractivity contribution is -0.120. The minimum absolute atomic E-state index is 0.00611. The van der Waals surface area contributed by atoms with Gasteiger partial charge >= 0.3 is 6.03 Å². The number of hydrogen-bond acceptors (Lipinski definition) is 2. The third-order valence-corrected chi connectivity index (χ3v) is 3.53. The Balaban J connectivity index is 1.79. The molecule has 1 heterocycles. The number of nitrogens with zero attached hydrogens (tertiary/aromatic N) is 1. The van der Waals surface area contributed by atoms with E-state index in [0.717, 1.165) is 12.8 Å². The van der Waals surface area contributed by atoms with E-state index >= 15 is 0 Å². The largest absolute Gasteiger partial charge is 0.354 e. The van der Waals surface area contributed by atoms with Gasteiger partial charge in [-0.05, 0) is 12.8 Å². The van der Waals surface area contributed by atoms with Crippen molar-refractivity contribution >= 4 is 11.9 Å². The van der Waals surface area contributed by atoms with Crippen molar-refractivity contribution in [3.8, 4) is 0 Å². The van der Waals surface area contributed by atoms with Crippen LogP contribution in [-0.2, 0) is 4.79 Å². The summed E-state index contributed by atoms with van der Waals surface area (Å²) in [4.78, 5) is 24.9. The quantitative estimate of drug-likeness (QED) is 0.712. The monoisotopic (exact) mass is 239 g/mol. The van der Waals surface area contributed by atoms with Crippen LogP contribution in [0.15, 0.2) is 0 Å². The minimum Gasteiger partial charge on any atom is -0.354 e. The molecule has 0 atom stereocenters. The Morgan fingerprint density at radius 3 is 2.76 bits per heavy atom. The van der Waals surface area contributed by atoms with E-state index in [0.29, 0.717) is 32.1 Å². The summed E-state index contributed by atoms with van der Waals surface area (Å²) in [6.45, 7) is 1.71. The van der Waals surface area contributed by atoms with Crippen LogP contribution in [0.25, 0.3) is 0 Å². The molecule has 2 rings (SSSR count). The molecule has 0 aromatic heterocycles. The zero-order valence-corrected chi connectivity index (χ0v) is 10.2. The molecule has 2 aliphatic rings. The molecule has 2 N–H and O–H groups in total. The normalized spacial score (nSPS) is 22.8. The SMILES string of the molecule is O=C1CCN(C(=O)NC2CCCCC2)CCN1. The molecule has 2 fully saturated rings. The molecule has 1 saturated heterocycles. The Morgan fingerprint density at radius 1 is 1.24 bits per heavy atom. The number of urea groups is 1. The third kappa shape index (κ3) is 3.61. The Bertz CT molecular complexity index is 287. The molecule has 3 amide bonds. The molecule has 0 unspecified atom stereocenters. The summed E-state index contributed by atoms with van der Waals surface area (Å²) < 4.78 is 0. The van der Waals surface area contributed by atoms with Gasteiger partial charge in [-0.2, -0.15) is 0 Å². The maximum absolute atomic E-state index is 12.0. The van der Waals surface area contributed by atoms with Gasteiger partial charge in [0.1, 0.15) is 0 Å². The average molecular weight is 239 g/mol. The van der Waals surface area contributed by atoms with Crippen LogP contribution in [0.4, 0.5) is 4.79 Å². The van der Waals surface area contributed by atoms with Crippen molar-refractivity contribution in [3.05, 3.63) is 0 Å². The number of hydrogen-bond donors (Lipinski definition) is 2. The first-order valence-electron chi connectivity index (χ1n) is 6.58. The van der Waals surface area contributed by atoms with Crippen LogP contribution in [0.2, 0.25) is 0 Å². The number of nitrogens with one attached hydrogen (secondary N) is 2. The molecule has 0 spiro atoms. The molecule has 1 aliphatic heterocycles. The Hall–Kier alpha value is -1.26. The molecule has 17 heavy (non-hydrogen) atoms. The highest BCUT2D eigenvalue weighted by Crippen LogP contribution is 2.17. The molecular formula is C12H21N3O2. The Morgan fingerprint density at radius 2 is 2.00 bits per heavy atom. The van der Waals surface area contributed by atoms with Crippen molar-refractivity contribution < 1.29 is 9.59 Å². The molecule has 1 aliphatic carbocycles. The van der Waals surface area contributed by atoms with E-state index in [1.165, 1.54) is 19.3 Å². The predicted octanol–water partition coefficient (Wildman–Crippen LogP) is 0.851. The average Bonchev–Trinajstić information content (AvgIpc) is 2.55. The molecule has 0 aromatic carbocycles.